The minimum absolute atomic E-state index is 0.0211. The smallest absolute Gasteiger partial charge is 0.326 e. The lowest BCUT2D eigenvalue weighted by Crippen LogP contribution is -2.41. The lowest BCUT2D eigenvalue weighted by Gasteiger charge is -2.18. The predicted molar refractivity (Wildman–Crippen MR) is 269 cm³/mol. The molecule has 0 aromatic heterocycles. The van der Waals surface area contributed by atoms with Gasteiger partial charge in [0.25, 0.3) is 5.91 Å². The average molecular weight is 959 g/mol. The van der Waals surface area contributed by atoms with Gasteiger partial charge in [0.2, 0.25) is 5.91 Å². The molecule has 374 valence electrons. The Bertz CT molecular complexity index is 1860. The van der Waals surface area contributed by atoms with Crippen LogP contribution in [0.1, 0.15) is 175 Å². The van der Waals surface area contributed by atoms with Crippen LogP contribution in [0.25, 0.3) is 0 Å². The SMILES string of the molecule is O=C(O)CC[C@H](NC(=O)c1ccc(CNC(=O)CCSCC(COC(=O)CCCCCCCCCCCc2ccccc2)OC(=O)CCCCCCCCCCCc2ccccc2)cc1)C(=O)O. The number of rotatable bonds is 40. The predicted octanol–water partition coefficient (Wildman–Crippen LogP) is 11.2. The fraction of sp³-hybridized carbons (Fsp3) is 0.564. The van der Waals surface area contributed by atoms with Gasteiger partial charge in [0.05, 0.1) is 0 Å². The van der Waals surface area contributed by atoms with E-state index in [4.69, 9.17) is 14.6 Å². The molecule has 0 aliphatic heterocycles. The number of unbranched alkanes of at least 4 members (excludes halogenated alkanes) is 16. The zero-order chi connectivity index (χ0) is 48.9. The normalized spacial score (nSPS) is 11.9. The quantitative estimate of drug-likeness (QED) is 0.0314. The maximum Gasteiger partial charge on any atom is 0.326 e. The minimum Gasteiger partial charge on any atom is -0.481 e. The van der Waals surface area contributed by atoms with E-state index in [0.717, 1.165) is 63.4 Å². The molecule has 3 aromatic carbocycles. The van der Waals surface area contributed by atoms with Gasteiger partial charge in [0, 0.05) is 49.3 Å². The first-order valence-electron chi connectivity index (χ1n) is 25.2. The summed E-state index contributed by atoms with van der Waals surface area (Å²) in [5.41, 5.74) is 3.74. The number of carbonyl (C=O) groups excluding carboxylic acids is 4. The van der Waals surface area contributed by atoms with Gasteiger partial charge >= 0.3 is 23.9 Å². The number of aliphatic carboxylic acids is 2. The second-order valence-electron chi connectivity index (χ2n) is 17.7. The lowest BCUT2D eigenvalue weighted by atomic mass is 10.0. The summed E-state index contributed by atoms with van der Waals surface area (Å²) in [6.07, 6.45) is 22.2. The van der Waals surface area contributed by atoms with E-state index in [1.807, 2.05) is 0 Å². The Kier molecular flexibility index (Phi) is 30.9. The van der Waals surface area contributed by atoms with Crippen molar-refractivity contribution >= 4 is 47.5 Å². The van der Waals surface area contributed by atoms with E-state index < -0.39 is 36.4 Å². The Hall–Kier alpha value is -5.17. The van der Waals surface area contributed by atoms with Gasteiger partial charge in [-0.15, -0.1) is 0 Å². The van der Waals surface area contributed by atoms with Crippen LogP contribution < -0.4 is 10.6 Å². The van der Waals surface area contributed by atoms with Crippen molar-refractivity contribution in [2.24, 2.45) is 0 Å². The second kappa shape index (κ2) is 36.8. The lowest BCUT2D eigenvalue weighted by molar-refractivity contribution is -0.157. The first kappa shape index (κ1) is 57.1. The van der Waals surface area contributed by atoms with Crippen molar-refractivity contribution in [3.8, 4) is 0 Å². The number of aryl methyl sites for hydroxylation is 2. The third-order valence-corrected chi connectivity index (χ3v) is 12.9. The fourth-order valence-electron chi connectivity index (χ4n) is 7.79. The van der Waals surface area contributed by atoms with Gasteiger partial charge < -0.3 is 30.3 Å². The minimum atomic E-state index is -1.33. The topological polar surface area (TPSA) is 185 Å². The highest BCUT2D eigenvalue weighted by molar-refractivity contribution is 7.99. The number of carbonyl (C=O) groups is 6. The largest absolute Gasteiger partial charge is 0.481 e. The number of carboxylic acid groups (broad SMARTS) is 2. The fourth-order valence-corrected chi connectivity index (χ4v) is 8.71. The number of amides is 2. The Morgan fingerprint density at radius 2 is 1.01 bits per heavy atom. The molecule has 0 saturated carbocycles. The van der Waals surface area contributed by atoms with E-state index in [2.05, 4.69) is 71.3 Å². The van der Waals surface area contributed by atoms with Crippen LogP contribution in [-0.2, 0) is 52.8 Å². The van der Waals surface area contributed by atoms with E-state index in [0.29, 0.717) is 24.3 Å². The number of benzene rings is 3. The third-order valence-electron chi connectivity index (χ3n) is 11.8. The number of hydrogen-bond acceptors (Lipinski definition) is 9. The summed E-state index contributed by atoms with van der Waals surface area (Å²) in [6, 6.07) is 26.2. The van der Waals surface area contributed by atoms with Gasteiger partial charge in [0.1, 0.15) is 18.8 Å². The van der Waals surface area contributed by atoms with Crippen molar-refractivity contribution in [2.75, 3.05) is 18.1 Å². The van der Waals surface area contributed by atoms with Gasteiger partial charge in [0.15, 0.2) is 0 Å². The molecule has 12 nitrogen and oxygen atoms in total. The van der Waals surface area contributed by atoms with Crippen molar-refractivity contribution in [1.29, 1.82) is 0 Å². The number of esters is 2. The van der Waals surface area contributed by atoms with Crippen LogP contribution in [0.15, 0.2) is 84.9 Å². The van der Waals surface area contributed by atoms with Crippen LogP contribution in [0, 0.1) is 0 Å². The number of thioether (sulfide) groups is 1. The molecule has 0 spiro atoms. The molecule has 4 N–H and O–H groups in total. The maximum atomic E-state index is 12.9. The van der Waals surface area contributed by atoms with Gasteiger partial charge in [-0.3, -0.25) is 24.0 Å². The van der Waals surface area contributed by atoms with Gasteiger partial charge in [-0.05, 0) is 73.8 Å². The van der Waals surface area contributed by atoms with Crippen molar-refractivity contribution in [1.82, 2.24) is 10.6 Å². The van der Waals surface area contributed by atoms with E-state index in [1.165, 1.54) is 106 Å². The monoisotopic (exact) mass is 959 g/mol. The average Bonchev–Trinajstić information content (AvgIpc) is 3.34. The molecule has 0 radical (unpaired) electrons. The Labute approximate surface area is 409 Å². The van der Waals surface area contributed by atoms with Crippen molar-refractivity contribution < 1.29 is 48.5 Å². The molecular weight excluding hydrogens is 881 g/mol. The number of carboxylic acids is 2. The van der Waals surface area contributed by atoms with E-state index >= 15 is 0 Å². The first-order valence-corrected chi connectivity index (χ1v) is 26.4. The van der Waals surface area contributed by atoms with Crippen LogP contribution in [-0.4, -0.2) is 76.2 Å². The maximum absolute atomic E-state index is 12.9. The molecule has 0 fully saturated rings. The molecular formula is C55H78N2O10S. The highest BCUT2D eigenvalue weighted by Crippen LogP contribution is 2.17. The number of nitrogens with one attached hydrogen (secondary N) is 2. The Morgan fingerprint density at radius 1 is 0.529 bits per heavy atom. The van der Waals surface area contributed by atoms with E-state index in [9.17, 15) is 33.9 Å². The van der Waals surface area contributed by atoms with Crippen LogP contribution >= 0.6 is 11.8 Å². The molecule has 2 amide bonds. The molecule has 1 unspecified atom stereocenters. The zero-order valence-electron chi connectivity index (χ0n) is 40.3. The van der Waals surface area contributed by atoms with Gasteiger partial charge in [-0.1, -0.05) is 163 Å². The van der Waals surface area contributed by atoms with Crippen LogP contribution in [0.4, 0.5) is 0 Å². The molecule has 0 aliphatic rings. The summed E-state index contributed by atoms with van der Waals surface area (Å²) in [4.78, 5) is 73.1. The molecule has 0 saturated heterocycles. The summed E-state index contributed by atoms with van der Waals surface area (Å²) in [6.45, 7) is 0.190. The molecule has 0 heterocycles. The molecule has 3 rings (SSSR count). The zero-order valence-corrected chi connectivity index (χ0v) is 41.1. The summed E-state index contributed by atoms with van der Waals surface area (Å²) in [5, 5.41) is 23.4. The molecule has 2 atom stereocenters. The highest BCUT2D eigenvalue weighted by Gasteiger charge is 2.22. The molecule has 68 heavy (non-hydrogen) atoms. The van der Waals surface area contributed by atoms with Crippen LogP contribution in [0.5, 0.6) is 0 Å². The van der Waals surface area contributed by atoms with Gasteiger partial charge in [-0.2, -0.15) is 11.8 Å². The van der Waals surface area contributed by atoms with Crippen LogP contribution in [0.3, 0.4) is 0 Å². The summed E-state index contributed by atoms with van der Waals surface area (Å²) in [7, 11) is 0. The van der Waals surface area contributed by atoms with Crippen molar-refractivity contribution in [3.05, 3.63) is 107 Å². The molecule has 13 heteroatoms. The highest BCUT2D eigenvalue weighted by atomic mass is 32.2. The number of ether oxygens (including phenoxy) is 2. The summed E-state index contributed by atoms with van der Waals surface area (Å²) >= 11 is 1.45. The second-order valence-corrected chi connectivity index (χ2v) is 18.9. The molecule has 3 aromatic rings. The van der Waals surface area contributed by atoms with Crippen molar-refractivity contribution in [3.63, 3.8) is 0 Å². The standard InChI is InChI=1S/C55H78N2O10S/c58-50(56-41-46-33-35-47(36-34-46)54(63)57-49(55(64)65)37-38-51(59)60)39-40-68-43-48(67-53(62)32-24-14-10-6-2-4-8-12-18-26-45-29-21-16-22-30-45)42-66-52(61)31-23-13-9-5-1-3-7-11-17-25-44-27-19-15-20-28-44/h15-16,19-22,27-30,33-36,48-49H,1-14,17-18,23-26,31-32,37-43H2,(H,56,58)(H,57,63)(H,59,60)(H,64,65)/t48?,49-/m0/s1. The first-order chi connectivity index (χ1) is 33.1. The molecule has 0 aliphatic carbocycles. The molecule has 0 bridgehead atoms. The third kappa shape index (κ3) is 28.9. The van der Waals surface area contributed by atoms with E-state index in [1.54, 1.807) is 12.1 Å². The summed E-state index contributed by atoms with van der Waals surface area (Å²) in [5.74, 6) is -3.07. The summed E-state index contributed by atoms with van der Waals surface area (Å²) < 4.78 is 11.4. The Morgan fingerprint density at radius 3 is 1.51 bits per heavy atom. The van der Waals surface area contributed by atoms with Gasteiger partial charge in [-0.25, -0.2) is 4.79 Å². The Balaban J connectivity index is 1.31. The van der Waals surface area contributed by atoms with E-state index in [-0.39, 0.29) is 49.4 Å². The van der Waals surface area contributed by atoms with Crippen LogP contribution in [0.2, 0.25) is 0 Å². The van der Waals surface area contributed by atoms with Crippen molar-refractivity contribution in [2.45, 2.75) is 179 Å². The number of hydrogen-bond donors (Lipinski definition) is 4.